The molecule has 1 aromatic heterocycles. The molecule has 84 valence electrons. The zero-order valence-corrected chi connectivity index (χ0v) is 10.8. The Kier molecular flexibility index (Phi) is 3.12. The fourth-order valence-electron chi connectivity index (χ4n) is 1.62. The van der Waals surface area contributed by atoms with Gasteiger partial charge in [0.1, 0.15) is 0 Å². The van der Waals surface area contributed by atoms with E-state index >= 15 is 0 Å². The second-order valence-electron chi connectivity index (χ2n) is 3.78. The molecule has 2 aromatic rings. The molecule has 4 heteroatoms. The molecule has 16 heavy (non-hydrogen) atoms. The van der Waals surface area contributed by atoms with Gasteiger partial charge in [0.2, 0.25) is 0 Å². The Bertz CT molecular complexity index is 505. The highest BCUT2D eigenvalue weighted by atomic mass is 79.9. The van der Waals surface area contributed by atoms with Crippen LogP contribution in [0, 0.1) is 6.92 Å². The first-order chi connectivity index (χ1) is 7.58. The summed E-state index contributed by atoms with van der Waals surface area (Å²) in [6.45, 7) is 3.69. The summed E-state index contributed by atoms with van der Waals surface area (Å²) < 4.78 is 2.75. The third kappa shape index (κ3) is 2.18. The number of aromatic nitrogens is 2. The van der Waals surface area contributed by atoms with E-state index in [1.165, 1.54) is 0 Å². The summed E-state index contributed by atoms with van der Waals surface area (Å²) in [5.74, 6) is 0. The molecule has 1 heterocycles. The van der Waals surface area contributed by atoms with E-state index in [-0.39, 0.29) is 0 Å². The molecular formula is C12H13BrN2O. The number of hydrogen-bond donors (Lipinski definition) is 1. The predicted molar refractivity (Wildman–Crippen MR) is 66.6 cm³/mol. The van der Waals surface area contributed by atoms with Gasteiger partial charge in [-0.1, -0.05) is 22.0 Å². The van der Waals surface area contributed by atoms with E-state index in [0.29, 0.717) is 0 Å². The van der Waals surface area contributed by atoms with Crippen LogP contribution in [0.3, 0.4) is 0 Å². The summed E-state index contributed by atoms with van der Waals surface area (Å²) in [6.07, 6.45) is 1.39. The quantitative estimate of drug-likeness (QED) is 0.919. The van der Waals surface area contributed by atoms with Gasteiger partial charge in [-0.15, -0.1) is 0 Å². The standard InChI is InChI=1S/C12H13BrN2O/c1-8-5-6-15(14-8)12-7-10(13)3-4-11(12)9(2)16/h3-7,9,16H,1-2H3. The van der Waals surface area contributed by atoms with Crippen LogP contribution in [0.2, 0.25) is 0 Å². The third-order valence-electron chi connectivity index (χ3n) is 2.41. The van der Waals surface area contributed by atoms with Gasteiger partial charge in [-0.2, -0.15) is 5.10 Å². The normalized spacial score (nSPS) is 12.8. The summed E-state index contributed by atoms with van der Waals surface area (Å²) in [7, 11) is 0. The Morgan fingerprint density at radius 1 is 1.38 bits per heavy atom. The third-order valence-corrected chi connectivity index (χ3v) is 2.91. The summed E-state index contributed by atoms with van der Waals surface area (Å²) in [4.78, 5) is 0. The number of aliphatic hydroxyl groups excluding tert-OH is 1. The highest BCUT2D eigenvalue weighted by molar-refractivity contribution is 9.10. The molecule has 0 saturated carbocycles. The van der Waals surface area contributed by atoms with Crippen LogP contribution in [0.5, 0.6) is 0 Å². The fraction of sp³-hybridized carbons (Fsp3) is 0.250. The molecule has 0 aliphatic heterocycles. The van der Waals surface area contributed by atoms with Crippen molar-refractivity contribution >= 4 is 15.9 Å². The van der Waals surface area contributed by atoms with Crippen molar-refractivity contribution in [2.45, 2.75) is 20.0 Å². The largest absolute Gasteiger partial charge is 0.389 e. The van der Waals surface area contributed by atoms with Crippen LogP contribution in [0.4, 0.5) is 0 Å². The van der Waals surface area contributed by atoms with Crippen molar-refractivity contribution < 1.29 is 5.11 Å². The Morgan fingerprint density at radius 3 is 2.69 bits per heavy atom. The number of benzene rings is 1. The van der Waals surface area contributed by atoms with Gasteiger partial charge < -0.3 is 5.11 Å². The van der Waals surface area contributed by atoms with Gasteiger partial charge in [-0.05, 0) is 32.0 Å². The maximum absolute atomic E-state index is 9.71. The molecule has 0 saturated heterocycles. The van der Waals surface area contributed by atoms with Crippen LogP contribution < -0.4 is 0 Å². The molecule has 0 spiro atoms. The van der Waals surface area contributed by atoms with Crippen molar-refractivity contribution in [1.82, 2.24) is 9.78 Å². The SMILES string of the molecule is Cc1ccn(-c2cc(Br)ccc2C(C)O)n1. The lowest BCUT2D eigenvalue weighted by Crippen LogP contribution is -2.03. The molecule has 0 amide bonds. The topological polar surface area (TPSA) is 38.0 Å². The minimum atomic E-state index is -0.507. The van der Waals surface area contributed by atoms with Gasteiger partial charge in [-0.3, -0.25) is 0 Å². The van der Waals surface area contributed by atoms with Gasteiger partial charge in [0, 0.05) is 16.2 Å². The Morgan fingerprint density at radius 2 is 2.12 bits per heavy atom. The molecule has 1 aromatic carbocycles. The summed E-state index contributed by atoms with van der Waals surface area (Å²) >= 11 is 3.43. The van der Waals surface area contributed by atoms with E-state index in [2.05, 4.69) is 21.0 Å². The molecule has 3 nitrogen and oxygen atoms in total. The van der Waals surface area contributed by atoms with E-state index in [0.717, 1.165) is 21.4 Å². The van der Waals surface area contributed by atoms with Gasteiger partial charge in [-0.25, -0.2) is 4.68 Å². The smallest absolute Gasteiger partial charge is 0.0782 e. The zero-order valence-electron chi connectivity index (χ0n) is 9.18. The summed E-state index contributed by atoms with van der Waals surface area (Å²) in [5.41, 5.74) is 2.72. The average Bonchev–Trinajstić information content (AvgIpc) is 2.64. The van der Waals surface area contributed by atoms with Crippen LogP contribution in [0.25, 0.3) is 5.69 Å². The van der Waals surface area contributed by atoms with Crippen molar-refractivity contribution in [2.75, 3.05) is 0 Å². The van der Waals surface area contributed by atoms with Crippen LogP contribution in [0.1, 0.15) is 24.3 Å². The van der Waals surface area contributed by atoms with Crippen molar-refractivity contribution in [1.29, 1.82) is 0 Å². The van der Waals surface area contributed by atoms with Crippen LogP contribution in [0.15, 0.2) is 34.9 Å². The number of halogens is 1. The summed E-state index contributed by atoms with van der Waals surface area (Å²) in [5, 5.41) is 14.1. The molecule has 1 atom stereocenters. The minimum absolute atomic E-state index is 0.507. The Hall–Kier alpha value is -1.13. The maximum Gasteiger partial charge on any atom is 0.0782 e. The monoisotopic (exact) mass is 280 g/mol. The predicted octanol–water partition coefficient (Wildman–Crippen LogP) is 3.00. The highest BCUT2D eigenvalue weighted by Gasteiger charge is 2.10. The van der Waals surface area contributed by atoms with Gasteiger partial charge >= 0.3 is 0 Å². The number of nitrogens with zero attached hydrogens (tertiary/aromatic N) is 2. The minimum Gasteiger partial charge on any atom is -0.389 e. The summed E-state index contributed by atoms with van der Waals surface area (Å²) in [6, 6.07) is 7.71. The van der Waals surface area contributed by atoms with Gasteiger partial charge in [0.25, 0.3) is 0 Å². The molecule has 1 N–H and O–H groups in total. The molecule has 0 radical (unpaired) electrons. The fourth-order valence-corrected chi connectivity index (χ4v) is 1.97. The average molecular weight is 281 g/mol. The van der Waals surface area contributed by atoms with Crippen LogP contribution in [-0.2, 0) is 0 Å². The van der Waals surface area contributed by atoms with Crippen LogP contribution >= 0.6 is 15.9 Å². The molecule has 2 rings (SSSR count). The first kappa shape index (κ1) is 11.4. The van der Waals surface area contributed by atoms with Crippen molar-refractivity contribution in [3.63, 3.8) is 0 Å². The lowest BCUT2D eigenvalue weighted by molar-refractivity contribution is 0.199. The second-order valence-corrected chi connectivity index (χ2v) is 4.70. The molecule has 0 aliphatic rings. The highest BCUT2D eigenvalue weighted by Crippen LogP contribution is 2.25. The molecular weight excluding hydrogens is 268 g/mol. The first-order valence-electron chi connectivity index (χ1n) is 5.08. The molecule has 0 aliphatic carbocycles. The van der Waals surface area contributed by atoms with Crippen molar-refractivity contribution in [3.8, 4) is 5.69 Å². The first-order valence-corrected chi connectivity index (χ1v) is 5.87. The number of aryl methyl sites for hydroxylation is 1. The van der Waals surface area contributed by atoms with E-state index in [9.17, 15) is 5.11 Å². The Labute approximate surface area is 103 Å². The Balaban J connectivity index is 2.57. The lowest BCUT2D eigenvalue weighted by Gasteiger charge is -2.12. The zero-order chi connectivity index (χ0) is 11.7. The van der Waals surface area contributed by atoms with E-state index in [1.54, 1.807) is 11.6 Å². The van der Waals surface area contributed by atoms with Crippen molar-refractivity contribution in [2.24, 2.45) is 0 Å². The maximum atomic E-state index is 9.71. The van der Waals surface area contributed by atoms with Crippen molar-refractivity contribution in [3.05, 3.63) is 46.2 Å². The molecule has 0 bridgehead atoms. The second kappa shape index (κ2) is 4.39. The molecule has 0 fully saturated rings. The number of aliphatic hydroxyl groups is 1. The van der Waals surface area contributed by atoms with E-state index in [4.69, 9.17) is 0 Å². The van der Waals surface area contributed by atoms with E-state index < -0.39 is 6.10 Å². The van der Waals surface area contributed by atoms with Crippen LogP contribution in [-0.4, -0.2) is 14.9 Å². The van der Waals surface area contributed by atoms with Gasteiger partial charge in [0.15, 0.2) is 0 Å². The number of hydrogen-bond acceptors (Lipinski definition) is 2. The van der Waals surface area contributed by atoms with Gasteiger partial charge in [0.05, 0.1) is 17.5 Å². The number of rotatable bonds is 2. The van der Waals surface area contributed by atoms with E-state index in [1.807, 2.05) is 37.4 Å². The molecule has 1 unspecified atom stereocenters. The lowest BCUT2D eigenvalue weighted by atomic mass is 10.1.